The van der Waals surface area contributed by atoms with Crippen LogP contribution in [0, 0.1) is 0 Å². The zero-order valence-corrected chi connectivity index (χ0v) is 13.3. The van der Waals surface area contributed by atoms with Crippen molar-refractivity contribution in [3.63, 3.8) is 0 Å². The molecule has 0 spiro atoms. The predicted octanol–water partition coefficient (Wildman–Crippen LogP) is 5.56. The van der Waals surface area contributed by atoms with Gasteiger partial charge in [0.25, 0.3) is 0 Å². The number of hydrogen-bond donors (Lipinski definition) is 1. The summed E-state index contributed by atoms with van der Waals surface area (Å²) in [6.45, 7) is 2.42. The van der Waals surface area contributed by atoms with Crippen molar-refractivity contribution in [2.45, 2.75) is 38.7 Å². The SMILES string of the molecule is CCCC(NCCC(F)F)c1ccc(Oc2ccccc2)cc1. The molecular weight excluding hydrogens is 296 g/mol. The van der Waals surface area contributed by atoms with E-state index in [0.717, 1.165) is 29.9 Å². The van der Waals surface area contributed by atoms with E-state index >= 15 is 0 Å². The minimum Gasteiger partial charge on any atom is -0.457 e. The van der Waals surface area contributed by atoms with Gasteiger partial charge in [0, 0.05) is 19.0 Å². The highest BCUT2D eigenvalue weighted by Gasteiger charge is 2.11. The molecule has 124 valence electrons. The van der Waals surface area contributed by atoms with Crippen LogP contribution >= 0.6 is 0 Å². The lowest BCUT2D eigenvalue weighted by Crippen LogP contribution is -2.23. The molecule has 4 heteroatoms. The largest absolute Gasteiger partial charge is 0.457 e. The Bertz CT molecular complexity index is 557. The van der Waals surface area contributed by atoms with Crippen molar-refractivity contribution in [3.05, 3.63) is 60.2 Å². The van der Waals surface area contributed by atoms with Crippen LogP contribution in [0.3, 0.4) is 0 Å². The molecule has 2 rings (SSSR count). The van der Waals surface area contributed by atoms with E-state index in [0.29, 0.717) is 6.54 Å². The molecule has 1 atom stereocenters. The third-order valence-corrected chi connectivity index (χ3v) is 3.59. The van der Waals surface area contributed by atoms with Gasteiger partial charge in [0.15, 0.2) is 0 Å². The molecular formula is C19H23F2NO. The number of ether oxygens (including phenoxy) is 1. The molecule has 0 radical (unpaired) electrons. The van der Waals surface area contributed by atoms with Crippen LogP contribution in [0.5, 0.6) is 11.5 Å². The number of para-hydroxylation sites is 1. The Morgan fingerprint density at radius 2 is 1.57 bits per heavy atom. The van der Waals surface area contributed by atoms with Gasteiger partial charge in [-0.1, -0.05) is 43.7 Å². The first kappa shape index (κ1) is 17.4. The lowest BCUT2D eigenvalue weighted by Gasteiger charge is -2.19. The maximum atomic E-state index is 12.3. The topological polar surface area (TPSA) is 21.3 Å². The molecule has 23 heavy (non-hydrogen) atoms. The highest BCUT2D eigenvalue weighted by molar-refractivity contribution is 5.33. The van der Waals surface area contributed by atoms with Crippen molar-refractivity contribution < 1.29 is 13.5 Å². The van der Waals surface area contributed by atoms with Crippen molar-refractivity contribution in [3.8, 4) is 11.5 Å². The number of nitrogens with one attached hydrogen (secondary N) is 1. The fraction of sp³-hybridized carbons (Fsp3) is 0.368. The molecule has 0 saturated carbocycles. The first-order valence-corrected chi connectivity index (χ1v) is 8.03. The Kier molecular flexibility index (Phi) is 7.01. The number of alkyl halides is 2. The summed E-state index contributed by atoms with van der Waals surface area (Å²) in [5.41, 5.74) is 1.10. The van der Waals surface area contributed by atoms with Crippen molar-refractivity contribution in [2.75, 3.05) is 6.54 Å². The predicted molar refractivity (Wildman–Crippen MR) is 89.2 cm³/mol. The van der Waals surface area contributed by atoms with Crippen LogP contribution in [0.15, 0.2) is 54.6 Å². The number of hydrogen-bond acceptors (Lipinski definition) is 2. The minimum atomic E-state index is -2.26. The molecule has 0 saturated heterocycles. The van der Waals surface area contributed by atoms with Gasteiger partial charge >= 0.3 is 0 Å². The second kappa shape index (κ2) is 9.26. The van der Waals surface area contributed by atoms with Gasteiger partial charge < -0.3 is 10.1 Å². The molecule has 1 unspecified atom stereocenters. The summed E-state index contributed by atoms with van der Waals surface area (Å²) in [6.07, 6.45) is -0.460. The Labute approximate surface area is 136 Å². The van der Waals surface area contributed by atoms with Gasteiger partial charge in [-0.15, -0.1) is 0 Å². The van der Waals surface area contributed by atoms with Gasteiger partial charge in [0.05, 0.1) is 0 Å². The molecule has 0 aliphatic carbocycles. The number of halogens is 2. The van der Waals surface area contributed by atoms with E-state index in [1.807, 2.05) is 54.6 Å². The van der Waals surface area contributed by atoms with E-state index in [1.54, 1.807) is 0 Å². The van der Waals surface area contributed by atoms with E-state index in [2.05, 4.69) is 12.2 Å². The molecule has 0 bridgehead atoms. The summed E-state index contributed by atoms with van der Waals surface area (Å²) in [6, 6.07) is 17.5. The maximum Gasteiger partial charge on any atom is 0.239 e. The highest BCUT2D eigenvalue weighted by atomic mass is 19.3. The van der Waals surface area contributed by atoms with Crippen LogP contribution in [0.1, 0.15) is 37.8 Å². The first-order chi connectivity index (χ1) is 11.2. The Hall–Kier alpha value is -1.94. The summed E-state index contributed by atoms with van der Waals surface area (Å²) in [7, 11) is 0. The Balaban J connectivity index is 1.97. The molecule has 0 amide bonds. The zero-order chi connectivity index (χ0) is 16.5. The fourth-order valence-electron chi connectivity index (χ4n) is 2.43. The number of benzene rings is 2. The summed E-state index contributed by atoms with van der Waals surface area (Å²) in [5.74, 6) is 1.56. The van der Waals surface area contributed by atoms with Crippen LogP contribution in [0.4, 0.5) is 8.78 Å². The second-order valence-electron chi connectivity index (χ2n) is 5.46. The van der Waals surface area contributed by atoms with E-state index in [4.69, 9.17) is 4.74 Å². The van der Waals surface area contributed by atoms with Gasteiger partial charge in [-0.2, -0.15) is 0 Å². The molecule has 2 nitrogen and oxygen atoms in total. The maximum absolute atomic E-state index is 12.3. The summed E-state index contributed by atoms with van der Waals surface area (Å²) in [5, 5.41) is 3.22. The average Bonchev–Trinajstić information content (AvgIpc) is 2.55. The second-order valence-corrected chi connectivity index (χ2v) is 5.46. The highest BCUT2D eigenvalue weighted by Crippen LogP contribution is 2.25. The van der Waals surface area contributed by atoms with Crippen molar-refractivity contribution in [1.82, 2.24) is 5.32 Å². The van der Waals surface area contributed by atoms with Gasteiger partial charge in [-0.3, -0.25) is 0 Å². The Morgan fingerprint density at radius 1 is 0.913 bits per heavy atom. The molecule has 0 aromatic heterocycles. The van der Waals surface area contributed by atoms with Crippen LogP contribution in [0.2, 0.25) is 0 Å². The van der Waals surface area contributed by atoms with Crippen molar-refractivity contribution in [2.24, 2.45) is 0 Å². The first-order valence-electron chi connectivity index (χ1n) is 8.03. The third kappa shape index (κ3) is 5.99. The molecule has 2 aromatic rings. The van der Waals surface area contributed by atoms with Crippen LogP contribution < -0.4 is 10.1 Å². The lowest BCUT2D eigenvalue weighted by atomic mass is 10.0. The zero-order valence-electron chi connectivity index (χ0n) is 13.3. The third-order valence-electron chi connectivity index (χ3n) is 3.59. The van der Waals surface area contributed by atoms with Crippen molar-refractivity contribution >= 4 is 0 Å². The molecule has 1 N–H and O–H groups in total. The van der Waals surface area contributed by atoms with Gasteiger partial charge in [0.1, 0.15) is 11.5 Å². The van der Waals surface area contributed by atoms with Gasteiger partial charge in [0.2, 0.25) is 6.43 Å². The van der Waals surface area contributed by atoms with E-state index < -0.39 is 6.43 Å². The molecule has 0 fully saturated rings. The monoisotopic (exact) mass is 319 g/mol. The van der Waals surface area contributed by atoms with E-state index in [-0.39, 0.29) is 12.5 Å². The lowest BCUT2D eigenvalue weighted by molar-refractivity contribution is 0.136. The van der Waals surface area contributed by atoms with Gasteiger partial charge in [-0.05, 0) is 36.2 Å². The standard InChI is InChI=1S/C19H23F2NO/c1-2-6-18(22-14-13-19(20)21)15-9-11-17(12-10-15)23-16-7-4-3-5-8-16/h3-5,7-12,18-19,22H,2,6,13-14H2,1H3. The normalized spacial score (nSPS) is 12.3. The van der Waals surface area contributed by atoms with Crippen LogP contribution in [-0.2, 0) is 0 Å². The average molecular weight is 319 g/mol. The molecule has 0 heterocycles. The molecule has 2 aromatic carbocycles. The minimum absolute atomic E-state index is 0.101. The van der Waals surface area contributed by atoms with E-state index in [1.165, 1.54) is 0 Å². The summed E-state index contributed by atoms with van der Waals surface area (Å²) in [4.78, 5) is 0. The van der Waals surface area contributed by atoms with Crippen LogP contribution in [-0.4, -0.2) is 13.0 Å². The van der Waals surface area contributed by atoms with Crippen molar-refractivity contribution in [1.29, 1.82) is 0 Å². The van der Waals surface area contributed by atoms with Gasteiger partial charge in [-0.25, -0.2) is 8.78 Å². The Morgan fingerprint density at radius 3 is 2.17 bits per heavy atom. The quantitative estimate of drug-likeness (QED) is 0.653. The van der Waals surface area contributed by atoms with Crippen LogP contribution in [0.25, 0.3) is 0 Å². The summed E-state index contributed by atoms with van der Waals surface area (Å²) >= 11 is 0. The fourth-order valence-corrected chi connectivity index (χ4v) is 2.43. The molecule has 0 aliphatic rings. The number of rotatable bonds is 9. The smallest absolute Gasteiger partial charge is 0.239 e. The van der Waals surface area contributed by atoms with E-state index in [9.17, 15) is 8.78 Å². The molecule has 0 aliphatic heterocycles. The summed E-state index contributed by atoms with van der Waals surface area (Å²) < 4.78 is 30.3.